The summed E-state index contributed by atoms with van der Waals surface area (Å²) in [6, 6.07) is 16.5. The van der Waals surface area contributed by atoms with Gasteiger partial charge in [-0.15, -0.1) is 0 Å². The third-order valence-electron chi connectivity index (χ3n) is 4.97. The average molecular weight is 407 g/mol. The molecule has 1 aliphatic heterocycles. The van der Waals surface area contributed by atoms with Crippen LogP contribution in [0.4, 0.5) is 0 Å². The van der Waals surface area contributed by atoms with Crippen molar-refractivity contribution >= 4 is 17.9 Å². The number of hydrogen-bond acceptors (Lipinski definition) is 3. The average Bonchev–Trinajstić information content (AvgIpc) is 3.04. The summed E-state index contributed by atoms with van der Waals surface area (Å²) in [4.78, 5) is 27.8. The fourth-order valence-corrected chi connectivity index (χ4v) is 3.46. The van der Waals surface area contributed by atoms with Crippen LogP contribution < -0.4 is 10.1 Å². The van der Waals surface area contributed by atoms with E-state index in [1.165, 1.54) is 0 Å². The molecule has 0 aliphatic carbocycles. The molecule has 30 heavy (non-hydrogen) atoms. The Hall–Kier alpha value is -3.08. The molecule has 1 heterocycles. The van der Waals surface area contributed by atoms with Crippen LogP contribution in [0.25, 0.3) is 6.08 Å². The van der Waals surface area contributed by atoms with Gasteiger partial charge in [0.2, 0.25) is 0 Å². The van der Waals surface area contributed by atoms with Gasteiger partial charge in [-0.1, -0.05) is 43.2 Å². The third kappa shape index (κ3) is 6.21. The fraction of sp³-hybridized carbons (Fsp3) is 0.360. The van der Waals surface area contributed by atoms with E-state index in [-0.39, 0.29) is 17.9 Å². The van der Waals surface area contributed by atoms with E-state index in [1.54, 1.807) is 18.2 Å². The maximum absolute atomic E-state index is 13.3. The summed E-state index contributed by atoms with van der Waals surface area (Å²) in [5.41, 5.74) is 1.65. The number of ether oxygens (including phenoxy) is 1. The number of likely N-dealkylation sites (tertiary alicyclic amines) is 1. The quantitative estimate of drug-likeness (QED) is 0.711. The van der Waals surface area contributed by atoms with Crippen molar-refractivity contribution in [3.8, 4) is 5.75 Å². The SMILES string of the molecule is CC(C)Oc1ccc(/C=C(\NC(=O)c2ccccc2)C(=O)N2CCCCCC2)cc1. The third-order valence-corrected chi connectivity index (χ3v) is 4.97. The summed E-state index contributed by atoms with van der Waals surface area (Å²) in [6.45, 7) is 5.40. The Kier molecular flexibility index (Phi) is 7.66. The standard InChI is InChI=1S/C25H30N2O3/c1-19(2)30-22-14-12-20(13-15-22)18-23(25(29)27-16-8-3-4-9-17-27)26-24(28)21-10-6-5-7-11-21/h5-7,10-15,18-19H,3-4,8-9,16-17H2,1-2H3,(H,26,28)/b23-18-. The number of nitrogens with zero attached hydrogens (tertiary/aromatic N) is 1. The predicted octanol–water partition coefficient (Wildman–Crippen LogP) is 4.65. The lowest BCUT2D eigenvalue weighted by Gasteiger charge is -2.22. The van der Waals surface area contributed by atoms with Gasteiger partial charge in [-0.3, -0.25) is 9.59 Å². The van der Waals surface area contributed by atoms with Crippen LogP contribution >= 0.6 is 0 Å². The number of carbonyl (C=O) groups is 2. The van der Waals surface area contributed by atoms with E-state index >= 15 is 0 Å². The van der Waals surface area contributed by atoms with Crippen LogP contribution in [0.2, 0.25) is 0 Å². The van der Waals surface area contributed by atoms with E-state index in [9.17, 15) is 9.59 Å². The summed E-state index contributed by atoms with van der Waals surface area (Å²) in [7, 11) is 0. The molecule has 1 N–H and O–H groups in total. The molecule has 158 valence electrons. The molecule has 1 aliphatic rings. The molecule has 2 aromatic rings. The monoisotopic (exact) mass is 406 g/mol. The van der Waals surface area contributed by atoms with Crippen LogP contribution in [0.15, 0.2) is 60.3 Å². The van der Waals surface area contributed by atoms with Crippen molar-refractivity contribution in [2.75, 3.05) is 13.1 Å². The molecular weight excluding hydrogens is 376 g/mol. The first-order valence-corrected chi connectivity index (χ1v) is 10.7. The lowest BCUT2D eigenvalue weighted by atomic mass is 10.1. The summed E-state index contributed by atoms with van der Waals surface area (Å²) < 4.78 is 5.69. The van der Waals surface area contributed by atoms with Crippen LogP contribution in [0.3, 0.4) is 0 Å². The van der Waals surface area contributed by atoms with Crippen LogP contribution in [-0.4, -0.2) is 35.9 Å². The zero-order valence-corrected chi connectivity index (χ0v) is 17.8. The molecule has 1 saturated heterocycles. The van der Waals surface area contributed by atoms with E-state index in [1.807, 2.05) is 61.2 Å². The lowest BCUT2D eigenvalue weighted by Crippen LogP contribution is -2.39. The van der Waals surface area contributed by atoms with Gasteiger partial charge in [-0.05, 0) is 62.6 Å². The highest BCUT2D eigenvalue weighted by atomic mass is 16.5. The van der Waals surface area contributed by atoms with Crippen molar-refractivity contribution in [3.05, 3.63) is 71.4 Å². The first-order chi connectivity index (χ1) is 14.5. The highest BCUT2D eigenvalue weighted by Gasteiger charge is 2.21. The Labute approximate surface area is 178 Å². The molecule has 1 fully saturated rings. The lowest BCUT2D eigenvalue weighted by molar-refractivity contribution is -0.127. The molecule has 0 aromatic heterocycles. The predicted molar refractivity (Wildman–Crippen MR) is 119 cm³/mol. The van der Waals surface area contributed by atoms with Gasteiger partial charge in [0.15, 0.2) is 0 Å². The molecule has 2 aromatic carbocycles. The van der Waals surface area contributed by atoms with Gasteiger partial charge in [0.25, 0.3) is 11.8 Å². The maximum Gasteiger partial charge on any atom is 0.270 e. The molecule has 5 nitrogen and oxygen atoms in total. The van der Waals surface area contributed by atoms with Crippen molar-refractivity contribution in [2.45, 2.75) is 45.6 Å². The van der Waals surface area contributed by atoms with Crippen LogP contribution in [0.1, 0.15) is 55.5 Å². The van der Waals surface area contributed by atoms with Crippen LogP contribution in [0.5, 0.6) is 5.75 Å². The second-order valence-corrected chi connectivity index (χ2v) is 7.82. The first-order valence-electron chi connectivity index (χ1n) is 10.7. The molecule has 0 radical (unpaired) electrons. The largest absolute Gasteiger partial charge is 0.491 e. The number of nitrogens with one attached hydrogen (secondary N) is 1. The summed E-state index contributed by atoms with van der Waals surface area (Å²) in [6.07, 6.45) is 6.09. The minimum atomic E-state index is -0.287. The van der Waals surface area contributed by atoms with Gasteiger partial charge < -0.3 is 15.0 Å². The molecule has 0 saturated carbocycles. The van der Waals surface area contributed by atoms with Crippen molar-refractivity contribution in [2.24, 2.45) is 0 Å². The molecule has 0 unspecified atom stereocenters. The number of carbonyl (C=O) groups excluding carboxylic acids is 2. The second-order valence-electron chi connectivity index (χ2n) is 7.82. The van der Waals surface area contributed by atoms with E-state index < -0.39 is 0 Å². The molecular formula is C25H30N2O3. The number of hydrogen-bond donors (Lipinski definition) is 1. The minimum Gasteiger partial charge on any atom is -0.491 e. The van der Waals surface area contributed by atoms with Gasteiger partial charge in [-0.2, -0.15) is 0 Å². The fourth-order valence-electron chi connectivity index (χ4n) is 3.46. The normalized spacial score (nSPS) is 14.9. The Morgan fingerprint density at radius 2 is 1.57 bits per heavy atom. The minimum absolute atomic E-state index is 0.0942. The number of benzene rings is 2. The van der Waals surface area contributed by atoms with Gasteiger partial charge in [0.1, 0.15) is 11.4 Å². The number of rotatable bonds is 6. The molecule has 0 atom stereocenters. The van der Waals surface area contributed by atoms with E-state index in [2.05, 4.69) is 5.32 Å². The topological polar surface area (TPSA) is 58.6 Å². The Morgan fingerprint density at radius 3 is 2.17 bits per heavy atom. The molecule has 2 amide bonds. The molecule has 0 spiro atoms. The first kappa shape index (κ1) is 21.6. The second kappa shape index (κ2) is 10.6. The summed E-state index contributed by atoms with van der Waals surface area (Å²) in [5.74, 6) is 0.351. The van der Waals surface area contributed by atoms with E-state index in [0.717, 1.165) is 50.1 Å². The smallest absolute Gasteiger partial charge is 0.270 e. The van der Waals surface area contributed by atoms with Crippen molar-refractivity contribution in [3.63, 3.8) is 0 Å². The number of amides is 2. The molecule has 5 heteroatoms. The van der Waals surface area contributed by atoms with E-state index in [0.29, 0.717) is 11.3 Å². The van der Waals surface area contributed by atoms with Crippen molar-refractivity contribution in [1.29, 1.82) is 0 Å². The Morgan fingerprint density at radius 1 is 0.933 bits per heavy atom. The van der Waals surface area contributed by atoms with Gasteiger partial charge in [0.05, 0.1) is 6.10 Å². The Bertz CT molecular complexity index is 865. The van der Waals surface area contributed by atoms with Crippen molar-refractivity contribution in [1.82, 2.24) is 10.2 Å². The zero-order chi connectivity index (χ0) is 21.3. The van der Waals surface area contributed by atoms with Gasteiger partial charge in [0, 0.05) is 18.7 Å². The molecule has 0 bridgehead atoms. The Balaban J connectivity index is 1.84. The summed E-state index contributed by atoms with van der Waals surface area (Å²) >= 11 is 0. The van der Waals surface area contributed by atoms with Gasteiger partial charge >= 0.3 is 0 Å². The van der Waals surface area contributed by atoms with Gasteiger partial charge in [-0.25, -0.2) is 0 Å². The zero-order valence-electron chi connectivity index (χ0n) is 17.8. The van der Waals surface area contributed by atoms with Crippen molar-refractivity contribution < 1.29 is 14.3 Å². The van der Waals surface area contributed by atoms with Crippen LogP contribution in [0, 0.1) is 0 Å². The molecule has 3 rings (SSSR count). The highest BCUT2D eigenvalue weighted by Crippen LogP contribution is 2.18. The summed E-state index contributed by atoms with van der Waals surface area (Å²) in [5, 5.41) is 2.85. The maximum atomic E-state index is 13.3. The van der Waals surface area contributed by atoms with E-state index in [4.69, 9.17) is 4.74 Å². The highest BCUT2D eigenvalue weighted by molar-refractivity contribution is 6.05. The van der Waals surface area contributed by atoms with Crippen LogP contribution in [-0.2, 0) is 4.79 Å².